The number of benzene rings is 1. The van der Waals surface area contributed by atoms with Crippen LogP contribution in [0.15, 0.2) is 48.8 Å². The largest absolute Gasteiger partial charge is 0.353 e. The summed E-state index contributed by atoms with van der Waals surface area (Å²) in [6, 6.07) is 10.6. The van der Waals surface area contributed by atoms with E-state index in [1.54, 1.807) is 25.4 Å². The molecule has 0 aliphatic carbocycles. The molecule has 0 radical (unpaired) electrons. The van der Waals surface area contributed by atoms with Crippen molar-refractivity contribution in [1.29, 1.82) is 0 Å². The van der Waals surface area contributed by atoms with Gasteiger partial charge in [-0.05, 0) is 50.8 Å². The Hall–Kier alpha value is -3.06. The van der Waals surface area contributed by atoms with Gasteiger partial charge in [0.2, 0.25) is 5.95 Å². The zero-order chi connectivity index (χ0) is 19.2. The summed E-state index contributed by atoms with van der Waals surface area (Å²) in [5.41, 5.74) is 2.93. The van der Waals surface area contributed by atoms with Crippen LogP contribution in [-0.4, -0.2) is 47.0 Å². The van der Waals surface area contributed by atoms with Crippen molar-refractivity contribution in [3.63, 3.8) is 0 Å². The van der Waals surface area contributed by atoms with Crippen LogP contribution in [0.5, 0.6) is 0 Å². The first-order valence-electron chi connectivity index (χ1n) is 8.72. The second kappa shape index (κ2) is 8.55. The number of nitrogens with one attached hydrogen (secondary N) is 2. The first-order valence-corrected chi connectivity index (χ1v) is 8.72. The van der Waals surface area contributed by atoms with E-state index in [9.17, 15) is 4.39 Å². The lowest BCUT2D eigenvalue weighted by Crippen LogP contribution is -2.21. The van der Waals surface area contributed by atoms with Gasteiger partial charge in [-0.2, -0.15) is 4.98 Å². The fourth-order valence-electron chi connectivity index (χ4n) is 2.47. The molecule has 2 heterocycles. The number of aromatic nitrogens is 3. The monoisotopic (exact) mass is 366 g/mol. The minimum absolute atomic E-state index is 0.257. The maximum atomic E-state index is 13.9. The highest BCUT2D eigenvalue weighted by molar-refractivity contribution is 5.67. The molecule has 0 saturated heterocycles. The molecule has 0 spiro atoms. The van der Waals surface area contributed by atoms with E-state index >= 15 is 0 Å². The number of anilines is 3. The van der Waals surface area contributed by atoms with Gasteiger partial charge in [0.05, 0.1) is 5.69 Å². The SMILES string of the molecule is Cc1ccc(Nc2cc(-c3ccncc3)nc(NCCN(C)C)n2)cc1F. The van der Waals surface area contributed by atoms with Gasteiger partial charge in [0.15, 0.2) is 0 Å². The van der Waals surface area contributed by atoms with E-state index in [2.05, 4.69) is 30.5 Å². The highest BCUT2D eigenvalue weighted by Crippen LogP contribution is 2.24. The van der Waals surface area contributed by atoms with Crippen LogP contribution in [0.1, 0.15) is 5.56 Å². The van der Waals surface area contributed by atoms with Crippen molar-refractivity contribution in [3.8, 4) is 11.3 Å². The Labute approximate surface area is 158 Å². The van der Waals surface area contributed by atoms with Gasteiger partial charge < -0.3 is 15.5 Å². The quantitative estimate of drug-likeness (QED) is 0.665. The summed E-state index contributed by atoms with van der Waals surface area (Å²) in [6.45, 7) is 3.30. The Bertz CT molecular complexity index is 898. The Morgan fingerprint density at radius 3 is 2.52 bits per heavy atom. The van der Waals surface area contributed by atoms with E-state index in [0.29, 0.717) is 29.6 Å². The van der Waals surface area contributed by atoms with Crippen molar-refractivity contribution in [2.45, 2.75) is 6.92 Å². The molecule has 3 aromatic rings. The van der Waals surface area contributed by atoms with Gasteiger partial charge in [0.25, 0.3) is 0 Å². The van der Waals surface area contributed by atoms with Gasteiger partial charge >= 0.3 is 0 Å². The first-order chi connectivity index (χ1) is 13.0. The molecule has 0 amide bonds. The molecule has 0 bridgehead atoms. The second-order valence-electron chi connectivity index (χ2n) is 6.52. The van der Waals surface area contributed by atoms with Crippen LogP contribution < -0.4 is 10.6 Å². The highest BCUT2D eigenvalue weighted by atomic mass is 19.1. The molecule has 27 heavy (non-hydrogen) atoms. The molecular weight excluding hydrogens is 343 g/mol. The summed E-state index contributed by atoms with van der Waals surface area (Å²) in [7, 11) is 4.02. The molecular formula is C20H23FN6. The van der Waals surface area contributed by atoms with Crippen molar-refractivity contribution in [1.82, 2.24) is 19.9 Å². The number of hydrogen-bond donors (Lipinski definition) is 2. The van der Waals surface area contributed by atoms with Gasteiger partial charge in [0, 0.05) is 42.8 Å². The number of halogens is 1. The zero-order valence-corrected chi connectivity index (χ0v) is 15.7. The second-order valence-corrected chi connectivity index (χ2v) is 6.52. The number of aryl methyl sites for hydroxylation is 1. The molecule has 0 fully saturated rings. The minimum Gasteiger partial charge on any atom is -0.353 e. The van der Waals surface area contributed by atoms with Crippen LogP contribution in [0.4, 0.5) is 21.8 Å². The van der Waals surface area contributed by atoms with E-state index in [1.807, 2.05) is 38.4 Å². The fraction of sp³-hybridized carbons (Fsp3) is 0.250. The Kier molecular flexibility index (Phi) is 5.93. The molecule has 140 valence electrons. The van der Waals surface area contributed by atoms with E-state index in [4.69, 9.17) is 0 Å². The third kappa shape index (κ3) is 5.21. The van der Waals surface area contributed by atoms with Crippen molar-refractivity contribution in [3.05, 3.63) is 60.2 Å². The predicted molar refractivity (Wildman–Crippen MR) is 107 cm³/mol. The van der Waals surface area contributed by atoms with Gasteiger partial charge in [-0.15, -0.1) is 0 Å². The normalized spacial score (nSPS) is 10.9. The Morgan fingerprint density at radius 2 is 1.81 bits per heavy atom. The van der Waals surface area contributed by atoms with Gasteiger partial charge in [-0.3, -0.25) is 4.98 Å². The van der Waals surface area contributed by atoms with E-state index in [-0.39, 0.29) is 5.82 Å². The van der Waals surface area contributed by atoms with Crippen LogP contribution in [0.25, 0.3) is 11.3 Å². The first kappa shape index (κ1) is 18.7. The Morgan fingerprint density at radius 1 is 1.04 bits per heavy atom. The number of likely N-dealkylation sites (N-methyl/N-ethyl adjacent to an activating group) is 1. The maximum absolute atomic E-state index is 13.9. The van der Waals surface area contributed by atoms with Crippen LogP contribution in [-0.2, 0) is 0 Å². The number of nitrogens with zero attached hydrogens (tertiary/aromatic N) is 4. The molecule has 3 rings (SSSR count). The average molecular weight is 366 g/mol. The molecule has 1 aromatic carbocycles. The lowest BCUT2D eigenvalue weighted by Gasteiger charge is -2.13. The molecule has 2 N–H and O–H groups in total. The summed E-state index contributed by atoms with van der Waals surface area (Å²) in [4.78, 5) is 15.2. The number of pyridine rings is 1. The van der Waals surface area contributed by atoms with E-state index < -0.39 is 0 Å². The van der Waals surface area contributed by atoms with E-state index in [0.717, 1.165) is 17.8 Å². The molecule has 6 nitrogen and oxygen atoms in total. The molecule has 2 aromatic heterocycles. The summed E-state index contributed by atoms with van der Waals surface area (Å²) in [6.07, 6.45) is 3.44. The summed E-state index contributed by atoms with van der Waals surface area (Å²) >= 11 is 0. The molecule has 0 aliphatic rings. The minimum atomic E-state index is -0.257. The highest BCUT2D eigenvalue weighted by Gasteiger charge is 2.08. The number of rotatable bonds is 7. The summed E-state index contributed by atoms with van der Waals surface area (Å²) in [5, 5.41) is 6.40. The molecule has 0 saturated carbocycles. The van der Waals surface area contributed by atoms with Crippen molar-refractivity contribution >= 4 is 17.5 Å². The number of hydrogen-bond acceptors (Lipinski definition) is 6. The third-order valence-electron chi connectivity index (χ3n) is 3.99. The van der Waals surface area contributed by atoms with Crippen LogP contribution in [0.3, 0.4) is 0 Å². The predicted octanol–water partition coefficient (Wildman–Crippen LogP) is 3.70. The van der Waals surface area contributed by atoms with Crippen molar-refractivity contribution < 1.29 is 4.39 Å². The zero-order valence-electron chi connectivity index (χ0n) is 15.7. The molecule has 0 unspecified atom stereocenters. The van der Waals surface area contributed by atoms with Gasteiger partial charge in [-0.1, -0.05) is 6.07 Å². The van der Waals surface area contributed by atoms with Crippen LogP contribution in [0, 0.1) is 12.7 Å². The lowest BCUT2D eigenvalue weighted by molar-refractivity contribution is 0.425. The van der Waals surface area contributed by atoms with Crippen molar-refractivity contribution in [2.75, 3.05) is 37.8 Å². The van der Waals surface area contributed by atoms with Crippen LogP contribution in [0.2, 0.25) is 0 Å². The van der Waals surface area contributed by atoms with Gasteiger partial charge in [0.1, 0.15) is 11.6 Å². The fourth-order valence-corrected chi connectivity index (χ4v) is 2.47. The molecule has 0 atom stereocenters. The Balaban J connectivity index is 1.90. The standard InChI is InChI=1S/C20H23FN6/c1-14-4-5-16(12-17(14)21)24-19-13-18(15-6-8-22-9-7-15)25-20(26-19)23-10-11-27(2)3/h4-9,12-13H,10-11H2,1-3H3,(H2,23,24,25,26). The average Bonchev–Trinajstić information content (AvgIpc) is 2.65. The maximum Gasteiger partial charge on any atom is 0.225 e. The topological polar surface area (TPSA) is 66.0 Å². The smallest absolute Gasteiger partial charge is 0.225 e. The van der Waals surface area contributed by atoms with Crippen LogP contribution >= 0.6 is 0 Å². The van der Waals surface area contributed by atoms with Crippen molar-refractivity contribution in [2.24, 2.45) is 0 Å². The molecule has 7 heteroatoms. The lowest BCUT2D eigenvalue weighted by atomic mass is 10.2. The third-order valence-corrected chi connectivity index (χ3v) is 3.99. The summed E-state index contributed by atoms with van der Waals surface area (Å²) < 4.78 is 13.9. The summed E-state index contributed by atoms with van der Waals surface area (Å²) in [5.74, 6) is 0.849. The van der Waals surface area contributed by atoms with Gasteiger partial charge in [-0.25, -0.2) is 9.37 Å². The van der Waals surface area contributed by atoms with E-state index in [1.165, 1.54) is 6.07 Å². The molecule has 0 aliphatic heterocycles.